The van der Waals surface area contributed by atoms with Crippen molar-refractivity contribution in [3.63, 3.8) is 0 Å². The zero-order chi connectivity index (χ0) is 6.53. The maximum Gasteiger partial charge on any atom is 0.119 e. The van der Waals surface area contributed by atoms with Crippen molar-refractivity contribution in [1.29, 1.82) is 0 Å². The van der Waals surface area contributed by atoms with Crippen molar-refractivity contribution in [1.82, 2.24) is 4.90 Å². The first-order valence-electron chi connectivity index (χ1n) is 3.03. The molecule has 0 aliphatic carbocycles. The molecule has 1 aliphatic heterocycles. The molecule has 3 heteroatoms. The van der Waals surface area contributed by atoms with Gasteiger partial charge in [0, 0.05) is 12.8 Å². The van der Waals surface area contributed by atoms with E-state index in [2.05, 4.69) is 16.5 Å². The molecule has 1 heterocycles. The monoisotopic (exact) mass is 145 g/mol. The molecule has 0 fully saturated rings. The summed E-state index contributed by atoms with van der Waals surface area (Å²) >= 11 is 1.80. The number of rotatable bonds is 3. The quantitative estimate of drug-likeness (QED) is 0.596. The fourth-order valence-corrected chi connectivity index (χ4v) is 1.30. The minimum atomic E-state index is 0.736. The van der Waals surface area contributed by atoms with E-state index >= 15 is 0 Å². The van der Waals surface area contributed by atoms with Crippen LogP contribution in [0.15, 0.2) is 11.6 Å². The van der Waals surface area contributed by atoms with Gasteiger partial charge in [-0.2, -0.15) is 0 Å². The van der Waals surface area contributed by atoms with Crippen LogP contribution in [-0.4, -0.2) is 24.1 Å². The Balaban J connectivity index is 2.05. The van der Waals surface area contributed by atoms with Gasteiger partial charge in [-0.1, -0.05) is 0 Å². The lowest BCUT2D eigenvalue weighted by Crippen LogP contribution is -2.16. The maximum atomic E-state index is 5.18. The summed E-state index contributed by atoms with van der Waals surface area (Å²) in [5, 5.41) is 2.08. The highest BCUT2D eigenvalue weighted by Crippen LogP contribution is 2.13. The molecule has 1 rings (SSSR count). The number of nitrogens with zero attached hydrogens (tertiary/aromatic N) is 1. The summed E-state index contributed by atoms with van der Waals surface area (Å²) in [5.41, 5.74) is 0. The minimum absolute atomic E-state index is 0.736. The van der Waals surface area contributed by atoms with Gasteiger partial charge in [0.2, 0.25) is 0 Å². The van der Waals surface area contributed by atoms with E-state index in [1.165, 1.54) is 0 Å². The summed E-state index contributed by atoms with van der Waals surface area (Å²) in [6.45, 7) is 3.54. The van der Waals surface area contributed by atoms with E-state index in [1.807, 2.05) is 6.92 Å². The van der Waals surface area contributed by atoms with E-state index in [0.29, 0.717) is 0 Å². The van der Waals surface area contributed by atoms with Gasteiger partial charge in [-0.15, -0.1) is 11.8 Å². The Morgan fingerprint density at radius 2 is 2.67 bits per heavy atom. The fraction of sp³-hybridized carbons (Fsp3) is 0.667. The van der Waals surface area contributed by atoms with Crippen molar-refractivity contribution in [2.24, 2.45) is 0 Å². The summed E-state index contributed by atoms with van der Waals surface area (Å²) in [4.78, 5) is 2.13. The molecule has 0 saturated carbocycles. The van der Waals surface area contributed by atoms with E-state index in [9.17, 15) is 0 Å². The third kappa shape index (κ3) is 2.28. The molecule has 0 bridgehead atoms. The Hall–Kier alpha value is -0.150. The van der Waals surface area contributed by atoms with Crippen LogP contribution in [0.5, 0.6) is 0 Å². The van der Waals surface area contributed by atoms with Gasteiger partial charge in [0.25, 0.3) is 0 Å². The Morgan fingerprint density at radius 3 is 3.22 bits per heavy atom. The van der Waals surface area contributed by atoms with Crippen LogP contribution in [0.2, 0.25) is 0 Å². The molecule has 0 saturated heterocycles. The zero-order valence-corrected chi connectivity index (χ0v) is 6.36. The molecule has 0 atom stereocenters. The Labute approximate surface area is 59.9 Å². The van der Waals surface area contributed by atoms with Crippen molar-refractivity contribution in [3.8, 4) is 0 Å². The number of hydrogen-bond donors (Lipinski definition) is 0. The minimum Gasteiger partial charge on any atom is -0.361 e. The van der Waals surface area contributed by atoms with Gasteiger partial charge in [-0.25, -0.2) is 0 Å². The molecular formula is C6H11NOS. The van der Waals surface area contributed by atoms with E-state index in [0.717, 1.165) is 19.2 Å². The van der Waals surface area contributed by atoms with Gasteiger partial charge in [-0.3, -0.25) is 0 Å². The lowest BCUT2D eigenvalue weighted by atomic mass is 10.8. The third-order valence-corrected chi connectivity index (χ3v) is 1.86. The van der Waals surface area contributed by atoms with Gasteiger partial charge in [0.1, 0.15) is 6.73 Å². The summed E-state index contributed by atoms with van der Waals surface area (Å²) in [6.07, 6.45) is 2.06. The molecule has 0 radical (unpaired) electrons. The smallest absolute Gasteiger partial charge is 0.119 e. The molecule has 0 N–H and O–H groups in total. The van der Waals surface area contributed by atoms with Crippen LogP contribution in [0.3, 0.4) is 0 Å². The van der Waals surface area contributed by atoms with Crippen molar-refractivity contribution in [2.45, 2.75) is 6.92 Å². The van der Waals surface area contributed by atoms with E-state index in [1.54, 1.807) is 11.8 Å². The van der Waals surface area contributed by atoms with Crippen LogP contribution in [0.1, 0.15) is 6.92 Å². The highest BCUT2D eigenvalue weighted by molar-refractivity contribution is 8.02. The van der Waals surface area contributed by atoms with Gasteiger partial charge in [0.15, 0.2) is 0 Å². The third-order valence-electron chi connectivity index (χ3n) is 1.07. The zero-order valence-electron chi connectivity index (χ0n) is 5.54. The molecule has 52 valence electrons. The van der Waals surface area contributed by atoms with E-state index < -0.39 is 0 Å². The summed E-state index contributed by atoms with van der Waals surface area (Å²) < 4.78 is 5.18. The number of hydrogen-bond acceptors (Lipinski definition) is 3. The second-order valence-electron chi connectivity index (χ2n) is 1.79. The molecule has 9 heavy (non-hydrogen) atoms. The van der Waals surface area contributed by atoms with Crippen LogP contribution in [-0.2, 0) is 4.74 Å². The molecule has 0 unspecified atom stereocenters. The summed E-state index contributed by atoms with van der Waals surface area (Å²) in [7, 11) is 0. The van der Waals surface area contributed by atoms with Gasteiger partial charge in [-0.05, 0) is 12.3 Å². The first kappa shape index (κ1) is 6.96. The lowest BCUT2D eigenvalue weighted by molar-refractivity contribution is 0.0736. The van der Waals surface area contributed by atoms with Crippen LogP contribution < -0.4 is 0 Å². The van der Waals surface area contributed by atoms with Gasteiger partial charge < -0.3 is 9.64 Å². The second-order valence-corrected chi connectivity index (χ2v) is 2.66. The fourth-order valence-electron chi connectivity index (χ4n) is 0.600. The maximum absolute atomic E-state index is 5.18. The average Bonchev–Trinajstić information content (AvgIpc) is 2.34. The van der Waals surface area contributed by atoms with Gasteiger partial charge >= 0.3 is 0 Å². The topological polar surface area (TPSA) is 12.5 Å². The van der Waals surface area contributed by atoms with Crippen LogP contribution in [0.4, 0.5) is 0 Å². The second kappa shape index (κ2) is 3.80. The molecule has 2 nitrogen and oxygen atoms in total. The number of thioether (sulfide) groups is 1. The van der Waals surface area contributed by atoms with Crippen molar-refractivity contribution >= 4 is 11.8 Å². The highest BCUT2D eigenvalue weighted by Gasteiger charge is 2.01. The molecule has 0 aromatic heterocycles. The largest absolute Gasteiger partial charge is 0.361 e. The normalized spacial score (nSPS) is 17.2. The van der Waals surface area contributed by atoms with Crippen molar-refractivity contribution in [3.05, 3.63) is 11.6 Å². The molecular weight excluding hydrogens is 134 g/mol. The van der Waals surface area contributed by atoms with E-state index in [4.69, 9.17) is 4.74 Å². The Kier molecular flexibility index (Phi) is 2.94. The molecule has 1 aliphatic rings. The van der Waals surface area contributed by atoms with Gasteiger partial charge in [0.05, 0.1) is 5.88 Å². The predicted molar refractivity (Wildman–Crippen MR) is 39.9 cm³/mol. The van der Waals surface area contributed by atoms with Crippen molar-refractivity contribution < 1.29 is 4.74 Å². The molecule has 0 spiro atoms. The molecule has 0 aromatic carbocycles. The van der Waals surface area contributed by atoms with Crippen molar-refractivity contribution in [2.75, 3.05) is 19.2 Å². The summed E-state index contributed by atoms with van der Waals surface area (Å²) in [6, 6.07) is 0. The van der Waals surface area contributed by atoms with Crippen LogP contribution >= 0.6 is 11.8 Å². The first-order chi connectivity index (χ1) is 4.43. The lowest BCUT2D eigenvalue weighted by Gasteiger charge is -2.12. The molecule has 0 amide bonds. The standard InChI is InChI=1S/C6H11NOS/c1-2-8-5-7-3-4-9-6-7/h3-4H,2,5-6H2,1H3. The SMILES string of the molecule is CCOCN1C=CSC1. The van der Waals surface area contributed by atoms with Crippen LogP contribution in [0, 0.1) is 0 Å². The van der Waals surface area contributed by atoms with E-state index in [-0.39, 0.29) is 0 Å². The molecule has 0 aromatic rings. The highest BCUT2D eigenvalue weighted by atomic mass is 32.2. The predicted octanol–water partition coefficient (Wildman–Crippen LogP) is 1.46. The average molecular weight is 145 g/mol. The summed E-state index contributed by atoms with van der Waals surface area (Å²) in [5.74, 6) is 1.04. The Bertz CT molecular complexity index is 105. The van der Waals surface area contributed by atoms with Crippen LogP contribution in [0.25, 0.3) is 0 Å². The first-order valence-corrected chi connectivity index (χ1v) is 4.08. The number of ether oxygens (including phenoxy) is 1. The Morgan fingerprint density at radius 1 is 1.78 bits per heavy atom.